The van der Waals surface area contributed by atoms with E-state index >= 15 is 0 Å². The Morgan fingerprint density at radius 3 is 2.58 bits per heavy atom. The molecule has 6 heteroatoms. The average molecular weight is 420 g/mol. The van der Waals surface area contributed by atoms with E-state index in [2.05, 4.69) is 15.9 Å². The fourth-order valence-corrected chi connectivity index (χ4v) is 2.82. The molecule has 0 fully saturated rings. The molecule has 0 aliphatic heterocycles. The predicted octanol–water partition coefficient (Wildman–Crippen LogP) is 3.51. The number of methoxy groups -OCH3 is 1. The normalized spacial score (nSPS) is 10.3. The Labute approximate surface area is 162 Å². The van der Waals surface area contributed by atoms with Gasteiger partial charge >= 0.3 is 5.97 Å². The molecule has 0 atom stereocenters. The number of nitrogens with zero attached hydrogens (tertiary/aromatic N) is 1. The summed E-state index contributed by atoms with van der Waals surface area (Å²) in [5.74, 6) is 0.0219. The van der Waals surface area contributed by atoms with Gasteiger partial charge in [-0.1, -0.05) is 46.3 Å². The Bertz CT molecular complexity index is 791. The fraction of sp³-hybridized carbons (Fsp3) is 0.300. The zero-order valence-electron chi connectivity index (χ0n) is 15.1. The molecule has 0 aromatic heterocycles. The van der Waals surface area contributed by atoms with Crippen LogP contribution in [0.25, 0.3) is 0 Å². The molecular weight excluding hydrogens is 398 g/mol. The van der Waals surface area contributed by atoms with E-state index in [0.717, 1.165) is 26.9 Å². The zero-order chi connectivity index (χ0) is 19.1. The van der Waals surface area contributed by atoms with E-state index in [4.69, 9.17) is 9.47 Å². The Balaban J connectivity index is 1.84. The number of rotatable bonds is 7. The van der Waals surface area contributed by atoms with Crippen LogP contribution in [0.1, 0.15) is 16.7 Å². The van der Waals surface area contributed by atoms with E-state index in [1.165, 1.54) is 4.90 Å². The fourth-order valence-electron chi connectivity index (χ4n) is 2.41. The van der Waals surface area contributed by atoms with Crippen molar-refractivity contribution >= 4 is 27.8 Å². The lowest BCUT2D eigenvalue weighted by Gasteiger charge is -2.18. The monoisotopic (exact) mass is 419 g/mol. The van der Waals surface area contributed by atoms with Crippen LogP contribution >= 0.6 is 15.9 Å². The number of aryl methyl sites for hydroxylation is 1. The zero-order valence-corrected chi connectivity index (χ0v) is 16.7. The first-order valence-electron chi connectivity index (χ1n) is 8.17. The van der Waals surface area contributed by atoms with Crippen molar-refractivity contribution in [2.45, 2.75) is 19.9 Å². The van der Waals surface area contributed by atoms with Gasteiger partial charge in [0.15, 0.2) is 6.61 Å². The van der Waals surface area contributed by atoms with Gasteiger partial charge in [0.1, 0.15) is 5.75 Å². The Morgan fingerprint density at radius 2 is 1.88 bits per heavy atom. The summed E-state index contributed by atoms with van der Waals surface area (Å²) in [5, 5.41) is 0. The van der Waals surface area contributed by atoms with Crippen LogP contribution in [0, 0.1) is 6.92 Å². The van der Waals surface area contributed by atoms with Crippen molar-refractivity contribution in [3.05, 3.63) is 63.6 Å². The first kappa shape index (κ1) is 20.0. The average Bonchev–Trinajstić information content (AvgIpc) is 2.63. The summed E-state index contributed by atoms with van der Waals surface area (Å²) in [6.07, 6.45) is 0.0951. The van der Waals surface area contributed by atoms with Crippen molar-refractivity contribution in [1.82, 2.24) is 4.90 Å². The molecule has 0 unspecified atom stereocenters. The lowest BCUT2D eigenvalue weighted by atomic mass is 10.1. The number of carbonyl (C=O) groups is 2. The van der Waals surface area contributed by atoms with Gasteiger partial charge in [0.25, 0.3) is 5.91 Å². The highest BCUT2D eigenvalue weighted by atomic mass is 79.9. The first-order valence-corrected chi connectivity index (χ1v) is 8.96. The Morgan fingerprint density at radius 1 is 1.15 bits per heavy atom. The van der Waals surface area contributed by atoms with Crippen LogP contribution in [0.4, 0.5) is 0 Å². The molecule has 0 radical (unpaired) electrons. The smallest absolute Gasteiger partial charge is 0.310 e. The van der Waals surface area contributed by atoms with Crippen molar-refractivity contribution in [1.29, 1.82) is 0 Å². The number of amides is 1. The maximum atomic E-state index is 12.2. The minimum atomic E-state index is -0.446. The van der Waals surface area contributed by atoms with E-state index < -0.39 is 5.97 Å². The summed E-state index contributed by atoms with van der Waals surface area (Å²) in [5.41, 5.74) is 2.77. The second-order valence-electron chi connectivity index (χ2n) is 5.98. The van der Waals surface area contributed by atoms with Crippen molar-refractivity contribution in [2.24, 2.45) is 0 Å². The minimum absolute atomic E-state index is 0.0951. The van der Waals surface area contributed by atoms with Crippen molar-refractivity contribution in [3.8, 4) is 5.75 Å². The van der Waals surface area contributed by atoms with Gasteiger partial charge in [0.05, 0.1) is 13.5 Å². The molecule has 26 heavy (non-hydrogen) atoms. The van der Waals surface area contributed by atoms with Crippen LogP contribution in [0.15, 0.2) is 46.9 Å². The molecule has 0 N–H and O–H groups in total. The molecule has 0 bridgehead atoms. The van der Waals surface area contributed by atoms with Crippen LogP contribution in [0.2, 0.25) is 0 Å². The molecule has 0 heterocycles. The summed E-state index contributed by atoms with van der Waals surface area (Å²) in [6, 6.07) is 13.2. The molecule has 0 spiro atoms. The standard InChI is InChI=1S/C20H22BrNO4/c1-14-8-9-15(10-18(14)25-3)11-20(24)26-13-19(23)22(2)12-16-6-4-5-7-17(16)21/h4-10H,11-13H2,1-3H3. The molecule has 2 rings (SSSR count). The summed E-state index contributed by atoms with van der Waals surface area (Å²) >= 11 is 3.46. The van der Waals surface area contributed by atoms with Crippen LogP contribution in [0.5, 0.6) is 5.75 Å². The summed E-state index contributed by atoms with van der Waals surface area (Å²) in [6.45, 7) is 2.09. The highest BCUT2D eigenvalue weighted by molar-refractivity contribution is 9.10. The number of likely N-dealkylation sites (N-methyl/N-ethyl adjacent to an activating group) is 1. The van der Waals surface area contributed by atoms with Gasteiger partial charge in [-0.25, -0.2) is 0 Å². The summed E-state index contributed by atoms with van der Waals surface area (Å²) < 4.78 is 11.3. The van der Waals surface area contributed by atoms with E-state index in [-0.39, 0.29) is 18.9 Å². The highest BCUT2D eigenvalue weighted by Gasteiger charge is 2.14. The maximum absolute atomic E-state index is 12.2. The third-order valence-electron chi connectivity index (χ3n) is 3.97. The van der Waals surface area contributed by atoms with Gasteiger partial charge in [0, 0.05) is 18.1 Å². The van der Waals surface area contributed by atoms with Crippen molar-refractivity contribution in [3.63, 3.8) is 0 Å². The van der Waals surface area contributed by atoms with Gasteiger partial charge in [-0.2, -0.15) is 0 Å². The van der Waals surface area contributed by atoms with Crippen molar-refractivity contribution < 1.29 is 19.1 Å². The third kappa shape index (κ3) is 5.59. The SMILES string of the molecule is COc1cc(CC(=O)OCC(=O)N(C)Cc2ccccc2Br)ccc1C. The molecular formula is C20H22BrNO4. The number of halogens is 1. The molecule has 0 aliphatic carbocycles. The molecule has 2 aromatic carbocycles. The van der Waals surface area contributed by atoms with Crippen LogP contribution < -0.4 is 4.74 Å². The minimum Gasteiger partial charge on any atom is -0.496 e. The number of carbonyl (C=O) groups excluding carboxylic acids is 2. The number of hydrogen-bond donors (Lipinski definition) is 0. The molecule has 1 amide bonds. The molecule has 0 saturated heterocycles. The van der Waals surface area contributed by atoms with E-state index in [0.29, 0.717) is 6.54 Å². The quantitative estimate of drug-likeness (QED) is 0.644. The van der Waals surface area contributed by atoms with E-state index in [9.17, 15) is 9.59 Å². The third-order valence-corrected chi connectivity index (χ3v) is 4.74. The van der Waals surface area contributed by atoms with Gasteiger partial charge in [-0.3, -0.25) is 9.59 Å². The van der Waals surface area contributed by atoms with Gasteiger partial charge in [0.2, 0.25) is 0 Å². The number of hydrogen-bond acceptors (Lipinski definition) is 4. The number of esters is 1. The van der Waals surface area contributed by atoms with Crippen molar-refractivity contribution in [2.75, 3.05) is 20.8 Å². The van der Waals surface area contributed by atoms with Gasteiger partial charge in [-0.15, -0.1) is 0 Å². The lowest BCUT2D eigenvalue weighted by molar-refractivity contribution is -0.151. The molecule has 138 valence electrons. The maximum Gasteiger partial charge on any atom is 0.310 e. The predicted molar refractivity (Wildman–Crippen MR) is 103 cm³/mol. The summed E-state index contributed by atoms with van der Waals surface area (Å²) in [4.78, 5) is 25.7. The lowest BCUT2D eigenvalue weighted by Crippen LogP contribution is -2.31. The number of benzene rings is 2. The van der Waals surface area contributed by atoms with E-state index in [1.807, 2.05) is 43.3 Å². The van der Waals surface area contributed by atoms with Crippen LogP contribution in [0.3, 0.4) is 0 Å². The molecule has 0 aliphatic rings. The second kappa shape index (κ2) is 9.38. The first-order chi connectivity index (χ1) is 12.4. The van der Waals surface area contributed by atoms with E-state index in [1.54, 1.807) is 20.2 Å². The van der Waals surface area contributed by atoms with Crippen LogP contribution in [-0.4, -0.2) is 37.5 Å². The van der Waals surface area contributed by atoms with Gasteiger partial charge in [-0.05, 0) is 35.7 Å². The summed E-state index contributed by atoms with van der Waals surface area (Å²) in [7, 11) is 3.27. The van der Waals surface area contributed by atoms with Crippen LogP contribution in [-0.2, 0) is 27.3 Å². The molecule has 0 saturated carbocycles. The van der Waals surface area contributed by atoms with Gasteiger partial charge < -0.3 is 14.4 Å². The Hall–Kier alpha value is -2.34. The molecule has 5 nitrogen and oxygen atoms in total. The highest BCUT2D eigenvalue weighted by Crippen LogP contribution is 2.19. The number of ether oxygens (including phenoxy) is 2. The second-order valence-corrected chi connectivity index (χ2v) is 6.84. The topological polar surface area (TPSA) is 55.8 Å². The Kier molecular flexibility index (Phi) is 7.21. The molecule has 2 aromatic rings. The largest absolute Gasteiger partial charge is 0.496 e.